The van der Waals surface area contributed by atoms with Crippen molar-refractivity contribution in [2.45, 2.75) is 140 Å². The Morgan fingerprint density at radius 3 is 2.34 bits per heavy atom. The summed E-state index contributed by atoms with van der Waals surface area (Å²) in [7, 11) is 0. The Bertz CT molecular complexity index is 2190. The molecule has 1 aromatic carbocycles. The first-order chi connectivity index (χ1) is 26.4. The first-order valence-corrected chi connectivity index (χ1v) is 19.9. The number of alkyl halides is 2. The summed E-state index contributed by atoms with van der Waals surface area (Å²) in [6.07, 6.45) is 7.27. The number of anilines is 2. The summed E-state index contributed by atoms with van der Waals surface area (Å²) < 4.78 is 50.3. The van der Waals surface area contributed by atoms with Crippen LogP contribution in [0.5, 0.6) is 0 Å². The van der Waals surface area contributed by atoms with E-state index in [0.29, 0.717) is 28.3 Å². The second kappa shape index (κ2) is 13.6. The van der Waals surface area contributed by atoms with Crippen LogP contribution >= 0.6 is 0 Å². The molecule has 11 nitrogen and oxygen atoms in total. The number of carbonyl (C=O) groups is 2. The Kier molecular flexibility index (Phi) is 9.34. The van der Waals surface area contributed by atoms with Gasteiger partial charge in [-0.1, -0.05) is 6.92 Å². The Balaban J connectivity index is 1.09. The summed E-state index contributed by atoms with van der Waals surface area (Å²) in [5, 5.41) is 6.47. The normalized spacial score (nSPS) is 27.7. The maximum absolute atomic E-state index is 15.4. The minimum Gasteiger partial charge on any atom is -0.383 e. The zero-order valence-electron chi connectivity index (χ0n) is 33.3. The Morgan fingerprint density at radius 1 is 1.04 bits per heavy atom. The third kappa shape index (κ3) is 6.27. The molecule has 3 unspecified atom stereocenters. The van der Waals surface area contributed by atoms with Crippen molar-refractivity contribution in [1.29, 1.82) is 0 Å². The van der Waals surface area contributed by atoms with Gasteiger partial charge in [0, 0.05) is 47.4 Å². The molecular formula is C42H53F3N8O3. The number of fused-ring (bicyclic) bond motifs is 3. The van der Waals surface area contributed by atoms with Gasteiger partial charge in [0.25, 0.3) is 12.3 Å². The van der Waals surface area contributed by atoms with E-state index >= 15 is 4.39 Å². The molecule has 2 saturated carbocycles. The molecule has 3 atom stereocenters. The molecule has 8 rings (SSSR count). The monoisotopic (exact) mass is 774 g/mol. The van der Waals surface area contributed by atoms with E-state index in [1.807, 2.05) is 56.4 Å². The molecule has 2 saturated heterocycles. The largest absolute Gasteiger partial charge is 0.383 e. The molecule has 0 radical (unpaired) electrons. The van der Waals surface area contributed by atoms with E-state index in [9.17, 15) is 18.4 Å². The highest BCUT2D eigenvalue weighted by Gasteiger charge is 2.58. The number of aryl methyl sites for hydroxylation is 1. The predicted octanol–water partition coefficient (Wildman–Crippen LogP) is 4.96. The van der Waals surface area contributed by atoms with Crippen molar-refractivity contribution in [3.05, 3.63) is 69.6 Å². The number of pyridine rings is 1. The first kappa shape index (κ1) is 38.4. The zero-order chi connectivity index (χ0) is 40.1. The smallest absolute Gasteiger partial charge is 0.261 e. The third-order valence-electron chi connectivity index (χ3n) is 13.0. The first-order valence-electron chi connectivity index (χ1n) is 19.9. The maximum Gasteiger partial charge on any atom is 0.261 e. The number of amides is 2. The number of aromatic nitrogens is 3. The van der Waals surface area contributed by atoms with Crippen LogP contribution in [-0.4, -0.2) is 80.1 Å². The van der Waals surface area contributed by atoms with Crippen molar-refractivity contribution < 1.29 is 27.5 Å². The highest BCUT2D eigenvalue weighted by atomic mass is 19.3. The fourth-order valence-electron chi connectivity index (χ4n) is 9.66. The lowest BCUT2D eigenvalue weighted by molar-refractivity contribution is -0.126. The van der Waals surface area contributed by atoms with Crippen molar-refractivity contribution in [2.75, 3.05) is 23.4 Å². The second-order valence-corrected chi connectivity index (χ2v) is 17.9. The van der Waals surface area contributed by atoms with E-state index in [1.54, 1.807) is 13.3 Å². The van der Waals surface area contributed by atoms with Gasteiger partial charge in [0.15, 0.2) is 0 Å². The van der Waals surface area contributed by atoms with E-state index in [2.05, 4.69) is 28.5 Å². The number of halogens is 3. The summed E-state index contributed by atoms with van der Waals surface area (Å²) in [5.74, 6) is -1.38. The van der Waals surface area contributed by atoms with Gasteiger partial charge in [-0.2, -0.15) is 0 Å². The second-order valence-electron chi connectivity index (χ2n) is 17.9. The molecule has 2 aliphatic carbocycles. The molecule has 56 heavy (non-hydrogen) atoms. The van der Waals surface area contributed by atoms with Crippen molar-refractivity contribution in [2.24, 2.45) is 5.73 Å². The highest BCUT2D eigenvalue weighted by Crippen LogP contribution is 2.52. The molecule has 2 bridgehead atoms. The standard InChI is InChI=1S/C42H53F3N8O3/c1-22(2)51-21-48-32(34(51)36(46)49-31-15-29(24(4)12-30(31)43)37(54)50-42(10-11-42)38(44)45)13-23(3)25-14-33-35(47-18-25)40(5,6)39(55)52(33)28-16-41(7,17-28)53-26-8-9-27(53)20-56-19-26/h12-15,18,21-23,26-28,38,49H,8-11,16-17,19-20,46H2,1-7H3,(H,50,54)/b32-13+,36-34-. The zero-order valence-corrected chi connectivity index (χ0v) is 33.3. The summed E-state index contributed by atoms with van der Waals surface area (Å²) in [5.41, 5.74) is 7.27. The molecule has 5 aliphatic rings. The fourth-order valence-corrected chi connectivity index (χ4v) is 9.66. The van der Waals surface area contributed by atoms with Gasteiger partial charge < -0.3 is 30.6 Å². The molecule has 14 heteroatoms. The molecule has 300 valence electrons. The van der Waals surface area contributed by atoms with Gasteiger partial charge in [0.2, 0.25) is 5.91 Å². The van der Waals surface area contributed by atoms with Crippen molar-refractivity contribution in [3.8, 4) is 0 Å². The Hall–Kier alpha value is -4.43. The molecule has 3 aliphatic heterocycles. The molecule has 4 fully saturated rings. The van der Waals surface area contributed by atoms with Crippen molar-refractivity contribution in [3.63, 3.8) is 0 Å². The number of hydrogen-bond acceptors (Lipinski definition) is 8. The van der Waals surface area contributed by atoms with Crippen LogP contribution in [0.4, 0.5) is 24.5 Å². The van der Waals surface area contributed by atoms with Crippen molar-refractivity contribution in [1.82, 2.24) is 24.8 Å². The lowest BCUT2D eigenvalue weighted by atomic mass is 9.71. The van der Waals surface area contributed by atoms with Crippen LogP contribution in [-0.2, 0) is 14.9 Å². The lowest BCUT2D eigenvalue weighted by Crippen LogP contribution is -2.67. The van der Waals surface area contributed by atoms with Crippen LogP contribution in [0.3, 0.4) is 0 Å². The highest BCUT2D eigenvalue weighted by molar-refractivity contribution is 6.07. The van der Waals surface area contributed by atoms with E-state index < -0.39 is 29.1 Å². The fraction of sp³-hybridized carbons (Fsp3) is 0.571. The number of ether oxygens (including phenoxy) is 1. The van der Waals surface area contributed by atoms with Gasteiger partial charge in [0.05, 0.1) is 47.4 Å². The van der Waals surface area contributed by atoms with E-state index in [-0.39, 0.29) is 59.4 Å². The molecule has 5 heterocycles. The number of carbonyl (C=O) groups excluding carboxylic acids is 2. The van der Waals surface area contributed by atoms with Crippen LogP contribution in [0.1, 0.15) is 119 Å². The molecule has 2 aromatic heterocycles. The van der Waals surface area contributed by atoms with Gasteiger partial charge >= 0.3 is 0 Å². The maximum atomic E-state index is 15.4. The van der Waals surface area contributed by atoms with Gasteiger partial charge in [-0.15, -0.1) is 0 Å². The number of benzene rings is 1. The number of nitrogens with zero attached hydrogens (tertiary/aromatic N) is 5. The number of rotatable bonds is 10. The van der Waals surface area contributed by atoms with Crippen LogP contribution in [0, 0.1) is 12.7 Å². The Morgan fingerprint density at radius 2 is 1.71 bits per heavy atom. The van der Waals surface area contributed by atoms with E-state index in [4.69, 9.17) is 20.4 Å². The number of imidazole rings is 1. The number of nitrogens with one attached hydrogen (secondary N) is 2. The van der Waals surface area contributed by atoms with Gasteiger partial charge in [-0.05, 0) is 115 Å². The molecule has 4 N–H and O–H groups in total. The summed E-state index contributed by atoms with van der Waals surface area (Å²) in [6, 6.07) is 5.49. The quantitative estimate of drug-likeness (QED) is 0.264. The van der Waals surface area contributed by atoms with E-state index in [0.717, 1.165) is 55.8 Å². The average molecular weight is 775 g/mol. The number of hydrogen-bond donors (Lipinski definition) is 3. The minimum absolute atomic E-state index is 0.0267. The molecule has 3 aromatic rings. The van der Waals surface area contributed by atoms with Gasteiger partial charge in [-0.25, -0.2) is 18.2 Å². The van der Waals surface area contributed by atoms with Crippen LogP contribution in [0.2, 0.25) is 0 Å². The van der Waals surface area contributed by atoms with E-state index in [1.165, 1.54) is 12.1 Å². The predicted molar refractivity (Wildman–Crippen MR) is 208 cm³/mol. The lowest BCUT2D eigenvalue weighted by Gasteiger charge is -2.58. The van der Waals surface area contributed by atoms with Crippen LogP contribution in [0.25, 0.3) is 11.9 Å². The molecule has 2 amide bonds. The Labute approximate surface area is 325 Å². The SMILES string of the molecule is Cc1cc(F)c(N/C(N)=c2/c(=C\C(C)c3cnc4c(c3)N(C3CC(C)(N5C6CCC5COC6)C3)C(=O)C4(C)C)ncn2C(C)C)cc1C(=O)NC1(C(F)F)CC1. The molecular weight excluding hydrogens is 722 g/mol. The molecule has 0 spiro atoms. The average Bonchev–Trinajstić information content (AvgIpc) is 3.65. The van der Waals surface area contributed by atoms with Gasteiger partial charge in [0.1, 0.15) is 22.5 Å². The van der Waals surface area contributed by atoms with Gasteiger partial charge in [-0.3, -0.25) is 19.5 Å². The topological polar surface area (TPSA) is 131 Å². The van der Waals surface area contributed by atoms with Crippen LogP contribution in [0.15, 0.2) is 30.7 Å². The number of nitrogens with two attached hydrogens (primary N) is 1. The number of morpholine rings is 1. The summed E-state index contributed by atoms with van der Waals surface area (Å²) >= 11 is 0. The minimum atomic E-state index is -2.70. The summed E-state index contributed by atoms with van der Waals surface area (Å²) in [4.78, 5) is 41.5. The summed E-state index contributed by atoms with van der Waals surface area (Å²) in [6.45, 7) is 15.3. The third-order valence-corrected chi connectivity index (χ3v) is 13.0. The van der Waals surface area contributed by atoms with Crippen LogP contribution < -0.4 is 32.0 Å². The van der Waals surface area contributed by atoms with Crippen molar-refractivity contribution >= 4 is 35.1 Å².